The van der Waals surface area contributed by atoms with Gasteiger partial charge in [-0.1, -0.05) is 12.1 Å². The monoisotopic (exact) mass is 692 g/mol. The summed E-state index contributed by atoms with van der Waals surface area (Å²) >= 11 is 0. The number of nitrogens with one attached hydrogen (secondary N) is 1. The van der Waals surface area contributed by atoms with Crippen molar-refractivity contribution in [1.82, 2.24) is 14.8 Å². The Morgan fingerprint density at radius 3 is 1.86 bits per heavy atom. The quantitative estimate of drug-likeness (QED) is 0.153. The number of phenolic OH excluding ortho intramolecular Hbond substituents is 2. The predicted octanol–water partition coefficient (Wildman–Crippen LogP) is 1.69. The number of nitrogens with two attached hydrogens (primary N) is 2. The average Bonchev–Trinajstić information content (AvgIpc) is 3.59. The number of nitrogens with zero attached hydrogens (tertiary/aromatic N) is 3. The zero-order valence-corrected chi connectivity index (χ0v) is 28.5. The fourth-order valence-corrected chi connectivity index (χ4v) is 13.1. The Balaban J connectivity index is 1.05. The molecule has 5 aliphatic carbocycles. The molecular formula is C39H44N6O6. The highest BCUT2D eigenvalue weighted by atomic mass is 16.5. The smallest absolute Gasteiger partial charge is 0.185 e. The molecule has 0 amide bonds. The number of aromatic amines is 1. The van der Waals surface area contributed by atoms with Gasteiger partial charge in [-0.25, -0.2) is 0 Å². The first kappa shape index (κ1) is 29.6. The Morgan fingerprint density at radius 2 is 1.33 bits per heavy atom. The van der Waals surface area contributed by atoms with Gasteiger partial charge in [-0.05, 0) is 91.9 Å². The molecule has 51 heavy (non-hydrogen) atoms. The first-order chi connectivity index (χ1) is 24.6. The number of aliphatic imine (C=N–C) groups is 1. The Morgan fingerprint density at radius 1 is 0.804 bits per heavy atom. The van der Waals surface area contributed by atoms with Crippen LogP contribution in [0.3, 0.4) is 0 Å². The van der Waals surface area contributed by atoms with Crippen LogP contribution in [0.2, 0.25) is 0 Å². The molecule has 9 aliphatic rings. The minimum Gasteiger partial charge on any atom is -0.504 e. The van der Waals surface area contributed by atoms with Crippen LogP contribution < -0.4 is 20.9 Å². The summed E-state index contributed by atoms with van der Waals surface area (Å²) in [5.41, 5.74) is 15.5. The van der Waals surface area contributed by atoms with E-state index in [4.69, 9.17) is 20.9 Å². The van der Waals surface area contributed by atoms with Crippen LogP contribution in [0.4, 0.5) is 0 Å². The maximum Gasteiger partial charge on any atom is 0.185 e. The molecule has 9 N–H and O–H groups in total. The van der Waals surface area contributed by atoms with Crippen LogP contribution in [-0.2, 0) is 36.5 Å². The second kappa shape index (κ2) is 9.14. The van der Waals surface area contributed by atoms with E-state index in [0.717, 1.165) is 70.8 Å². The lowest BCUT2D eigenvalue weighted by atomic mass is 9.47. The first-order valence-corrected chi connectivity index (χ1v) is 18.8. The van der Waals surface area contributed by atoms with Crippen molar-refractivity contribution in [2.45, 2.75) is 97.7 Å². The number of rotatable bonds is 5. The highest BCUT2D eigenvalue weighted by molar-refractivity contribution is 5.75. The molecule has 1 aromatic heterocycles. The molecule has 2 saturated heterocycles. The van der Waals surface area contributed by atoms with Crippen molar-refractivity contribution in [2.24, 2.45) is 22.4 Å². The number of hydrogen-bond acceptors (Lipinski definition) is 9. The molecule has 3 fully saturated rings. The Bertz CT molecular complexity index is 2130. The van der Waals surface area contributed by atoms with Gasteiger partial charge in [0, 0.05) is 49.1 Å². The number of likely N-dealkylation sites (tertiary alicyclic amines) is 2. The fraction of sp³-hybridized carbons (Fsp3) is 0.564. The number of phenols is 2. The van der Waals surface area contributed by atoms with Gasteiger partial charge in [0.05, 0.1) is 40.0 Å². The molecule has 12 heteroatoms. The van der Waals surface area contributed by atoms with Crippen LogP contribution in [0.15, 0.2) is 29.3 Å². The Labute approximate surface area is 295 Å². The van der Waals surface area contributed by atoms with E-state index in [1.807, 2.05) is 12.1 Å². The van der Waals surface area contributed by atoms with Crippen molar-refractivity contribution < 1.29 is 29.9 Å². The molecule has 0 unspecified atom stereocenters. The van der Waals surface area contributed by atoms with Crippen molar-refractivity contribution >= 4 is 5.96 Å². The van der Waals surface area contributed by atoms with Crippen LogP contribution >= 0.6 is 0 Å². The van der Waals surface area contributed by atoms with Crippen molar-refractivity contribution in [3.8, 4) is 23.0 Å². The van der Waals surface area contributed by atoms with Crippen LogP contribution in [0.1, 0.15) is 82.7 Å². The SMILES string of the molecule is NC(N)=NCCN1CC[C@]23c4c5ccc(O)c4O[C@H]2c2[nH]c4c(c2C[C@@]3(O)[C@H]1C5)C[C@@]1(O)[C@@H]2Cc3ccc(O)c5c3[C@@]1(CCN2CC1CC1)[C@H]4O5. The van der Waals surface area contributed by atoms with E-state index in [1.54, 1.807) is 12.1 Å². The van der Waals surface area contributed by atoms with Crippen molar-refractivity contribution in [1.29, 1.82) is 0 Å². The Hall–Kier alpha value is -3.97. The van der Waals surface area contributed by atoms with Crippen molar-refractivity contribution in [3.63, 3.8) is 0 Å². The topological polar surface area (TPSA) is 186 Å². The molecule has 12 nitrogen and oxygen atoms in total. The third-order valence-corrected chi connectivity index (χ3v) is 15.2. The van der Waals surface area contributed by atoms with Gasteiger partial charge >= 0.3 is 0 Å². The van der Waals surface area contributed by atoms with Gasteiger partial charge in [-0.2, -0.15) is 0 Å². The molecule has 5 heterocycles. The second-order valence-corrected chi connectivity index (χ2v) is 17.2. The van der Waals surface area contributed by atoms with Gasteiger partial charge in [0.1, 0.15) is 0 Å². The summed E-state index contributed by atoms with van der Waals surface area (Å²) in [6, 6.07) is 7.16. The number of guanidine groups is 1. The predicted molar refractivity (Wildman–Crippen MR) is 185 cm³/mol. The molecular weight excluding hydrogens is 648 g/mol. The zero-order valence-electron chi connectivity index (χ0n) is 28.5. The van der Waals surface area contributed by atoms with Crippen LogP contribution in [-0.4, -0.2) is 97.2 Å². The van der Waals surface area contributed by atoms with E-state index in [2.05, 4.69) is 19.8 Å². The highest BCUT2D eigenvalue weighted by Gasteiger charge is 2.76. The van der Waals surface area contributed by atoms with E-state index in [0.29, 0.717) is 62.6 Å². The highest BCUT2D eigenvalue weighted by Crippen LogP contribution is 2.72. The molecule has 1 saturated carbocycles. The standard InChI is InChI=1S/C39H44N6O6/c40-35(41)42-9-12-44-10-7-36-27-19-3-5-23(46)31(27)50-33(36)29-21(15-38(36,48)25(44)13-19)22-16-39(49)26-14-20-4-6-24(47)32-28(20)37(39,34(51-32)30(22)43-29)8-11-45(26)17-18-1-2-18/h3-6,18,25-26,33-34,43,46-49H,1-2,7-17H2,(H4,40,41,42)/t25-,26+,33+,34+,36+,37+,38-,39-/m1/s1. The molecule has 0 radical (unpaired) electrons. The van der Waals surface area contributed by atoms with Crippen molar-refractivity contribution in [2.75, 3.05) is 32.7 Å². The van der Waals surface area contributed by atoms with E-state index in [1.165, 1.54) is 12.8 Å². The maximum atomic E-state index is 13.5. The normalized spacial score (nSPS) is 38.5. The number of ether oxygens (including phenoxy) is 2. The largest absolute Gasteiger partial charge is 0.504 e. The van der Waals surface area contributed by atoms with Gasteiger partial charge in [-0.15, -0.1) is 0 Å². The molecule has 3 aromatic rings. The van der Waals surface area contributed by atoms with Gasteiger partial charge < -0.3 is 46.4 Å². The summed E-state index contributed by atoms with van der Waals surface area (Å²) in [6.07, 6.45) is 4.87. The lowest BCUT2D eigenvalue weighted by Crippen LogP contribution is -2.75. The van der Waals surface area contributed by atoms with Gasteiger partial charge in [0.2, 0.25) is 0 Å². The number of fused-ring (bicyclic) bond motifs is 5. The average molecular weight is 693 g/mol. The minimum atomic E-state index is -1.23. The summed E-state index contributed by atoms with van der Waals surface area (Å²) in [5, 5.41) is 49.4. The lowest BCUT2D eigenvalue weighted by Gasteiger charge is -2.63. The lowest BCUT2D eigenvalue weighted by molar-refractivity contribution is -0.175. The number of aromatic hydroxyl groups is 2. The van der Waals surface area contributed by atoms with Gasteiger partial charge in [0.15, 0.2) is 41.2 Å². The number of H-pyrrole nitrogens is 1. The summed E-state index contributed by atoms with van der Waals surface area (Å²) in [6.45, 7) is 3.62. The number of piperidine rings is 2. The Kier molecular flexibility index (Phi) is 5.31. The molecule has 4 bridgehead atoms. The van der Waals surface area contributed by atoms with E-state index in [9.17, 15) is 20.4 Å². The number of benzene rings is 2. The molecule has 2 aromatic carbocycles. The first-order valence-electron chi connectivity index (χ1n) is 18.8. The second-order valence-electron chi connectivity index (χ2n) is 17.2. The maximum absolute atomic E-state index is 13.5. The third kappa shape index (κ3) is 3.20. The fourth-order valence-electron chi connectivity index (χ4n) is 13.1. The minimum absolute atomic E-state index is 0.0532. The molecule has 266 valence electrons. The van der Waals surface area contributed by atoms with Crippen LogP contribution in [0, 0.1) is 5.92 Å². The van der Waals surface area contributed by atoms with E-state index >= 15 is 0 Å². The molecule has 2 spiro atoms. The van der Waals surface area contributed by atoms with Crippen molar-refractivity contribution in [3.05, 3.63) is 69.0 Å². The zero-order chi connectivity index (χ0) is 34.4. The van der Waals surface area contributed by atoms with Crippen LogP contribution in [0.5, 0.6) is 23.0 Å². The summed E-state index contributed by atoms with van der Waals surface area (Å²) in [5.74, 6) is 1.92. The number of aliphatic hydroxyl groups is 2. The number of hydrogen-bond donors (Lipinski definition) is 7. The third-order valence-electron chi connectivity index (χ3n) is 15.2. The molecule has 8 atom stereocenters. The summed E-state index contributed by atoms with van der Waals surface area (Å²) in [4.78, 5) is 13.0. The van der Waals surface area contributed by atoms with Gasteiger partial charge in [0.25, 0.3) is 0 Å². The number of aromatic nitrogens is 1. The summed E-state index contributed by atoms with van der Waals surface area (Å²) < 4.78 is 13.8. The van der Waals surface area contributed by atoms with Gasteiger partial charge in [-0.3, -0.25) is 14.8 Å². The summed E-state index contributed by atoms with van der Waals surface area (Å²) in [7, 11) is 0. The van der Waals surface area contributed by atoms with E-state index in [-0.39, 0.29) is 29.5 Å². The molecule has 4 aliphatic heterocycles. The molecule has 12 rings (SSSR count). The van der Waals surface area contributed by atoms with Crippen LogP contribution in [0.25, 0.3) is 0 Å². The van der Waals surface area contributed by atoms with E-state index < -0.39 is 34.2 Å².